The average Bonchev–Trinajstić information content (AvgIpc) is 2.89. The van der Waals surface area contributed by atoms with Gasteiger partial charge in [0.2, 0.25) is 5.88 Å². The molecule has 0 spiro atoms. The Hall–Kier alpha value is -2.63. The average molecular weight is 271 g/mol. The molecule has 1 aromatic carbocycles. The fourth-order valence-electron chi connectivity index (χ4n) is 2.07. The topological polar surface area (TPSA) is 76.5 Å². The fraction of sp³-hybridized carbons (Fsp3) is 0.214. The summed E-state index contributed by atoms with van der Waals surface area (Å²) in [4.78, 5) is 25.0. The Morgan fingerprint density at radius 1 is 1.30 bits per heavy atom. The predicted molar refractivity (Wildman–Crippen MR) is 74.1 cm³/mol. The molecule has 0 fully saturated rings. The zero-order valence-electron chi connectivity index (χ0n) is 10.7. The number of carbonyl (C=O) groups is 1. The van der Waals surface area contributed by atoms with Gasteiger partial charge in [-0.25, -0.2) is 4.52 Å². The van der Waals surface area contributed by atoms with E-state index in [4.69, 9.17) is 4.74 Å². The van der Waals surface area contributed by atoms with E-state index in [-0.39, 0.29) is 5.56 Å². The number of ether oxygens (including phenoxy) is 1. The summed E-state index contributed by atoms with van der Waals surface area (Å²) in [6.45, 7) is 0.401. The van der Waals surface area contributed by atoms with Crippen molar-refractivity contribution in [3.05, 3.63) is 40.7 Å². The van der Waals surface area contributed by atoms with Crippen LogP contribution in [0.15, 0.2) is 35.1 Å². The van der Waals surface area contributed by atoms with Gasteiger partial charge in [-0.05, 0) is 18.6 Å². The van der Waals surface area contributed by atoms with Gasteiger partial charge in [0.15, 0.2) is 0 Å². The third-order valence-electron chi connectivity index (χ3n) is 3.02. The van der Waals surface area contributed by atoms with E-state index >= 15 is 0 Å². The zero-order chi connectivity index (χ0) is 13.9. The highest BCUT2D eigenvalue weighted by Gasteiger charge is 2.09. The van der Waals surface area contributed by atoms with Gasteiger partial charge < -0.3 is 14.5 Å². The minimum absolute atomic E-state index is 0.209. The third-order valence-corrected chi connectivity index (χ3v) is 3.02. The van der Waals surface area contributed by atoms with Crippen LogP contribution in [0.25, 0.3) is 16.6 Å². The summed E-state index contributed by atoms with van der Waals surface area (Å²) in [5.74, 6) is 0.387. The molecule has 0 saturated heterocycles. The number of aromatic nitrogens is 3. The number of rotatable bonds is 5. The summed E-state index contributed by atoms with van der Waals surface area (Å²) in [5.41, 5.74) is 1.76. The van der Waals surface area contributed by atoms with Crippen molar-refractivity contribution >= 4 is 22.8 Å². The van der Waals surface area contributed by atoms with Crippen molar-refractivity contribution in [3.8, 4) is 5.88 Å². The number of unbranched alkanes of at least 4 members (excludes halogenated alkanes) is 1. The van der Waals surface area contributed by atoms with Gasteiger partial charge in [-0.1, -0.05) is 12.1 Å². The SMILES string of the molecule is O=CCCCOc1cc2c(=O)[nH]c3ccccc3n2n1. The number of hydrogen-bond acceptors (Lipinski definition) is 4. The van der Waals surface area contributed by atoms with Gasteiger partial charge in [0.25, 0.3) is 5.56 Å². The van der Waals surface area contributed by atoms with Gasteiger partial charge in [0, 0.05) is 12.5 Å². The van der Waals surface area contributed by atoms with Crippen LogP contribution in [0.1, 0.15) is 12.8 Å². The quantitative estimate of drug-likeness (QED) is 0.564. The molecule has 102 valence electrons. The lowest BCUT2D eigenvalue weighted by Gasteiger charge is -2.00. The first-order chi connectivity index (χ1) is 9.79. The standard InChI is InChI=1S/C14H13N3O3/c18-7-3-4-8-20-13-9-12-14(19)15-10-5-1-2-6-11(10)17(12)16-13/h1-2,5-7,9H,3-4,8H2,(H,15,19). The molecule has 0 aliphatic heterocycles. The smallest absolute Gasteiger partial charge is 0.274 e. The van der Waals surface area contributed by atoms with Crippen LogP contribution in [0.4, 0.5) is 0 Å². The Bertz CT molecular complexity index is 819. The molecule has 0 unspecified atom stereocenters. The first-order valence-corrected chi connectivity index (χ1v) is 6.37. The largest absolute Gasteiger partial charge is 0.477 e. The first kappa shape index (κ1) is 12.4. The number of aldehydes is 1. The van der Waals surface area contributed by atoms with E-state index in [1.807, 2.05) is 24.3 Å². The molecule has 0 aliphatic carbocycles. The fourth-order valence-corrected chi connectivity index (χ4v) is 2.07. The van der Waals surface area contributed by atoms with Crippen LogP contribution in [-0.4, -0.2) is 27.5 Å². The Balaban J connectivity index is 2.01. The Kier molecular flexibility index (Phi) is 3.20. The van der Waals surface area contributed by atoms with Crippen molar-refractivity contribution in [2.75, 3.05) is 6.61 Å². The van der Waals surface area contributed by atoms with E-state index in [1.165, 1.54) is 0 Å². The van der Waals surface area contributed by atoms with E-state index in [9.17, 15) is 9.59 Å². The Morgan fingerprint density at radius 2 is 2.15 bits per heavy atom. The highest BCUT2D eigenvalue weighted by Crippen LogP contribution is 2.16. The molecule has 6 nitrogen and oxygen atoms in total. The highest BCUT2D eigenvalue weighted by molar-refractivity contribution is 5.77. The van der Waals surface area contributed by atoms with E-state index in [0.717, 1.165) is 17.3 Å². The molecule has 6 heteroatoms. The highest BCUT2D eigenvalue weighted by atomic mass is 16.5. The van der Waals surface area contributed by atoms with Crippen LogP contribution in [0.5, 0.6) is 5.88 Å². The molecule has 2 heterocycles. The summed E-state index contributed by atoms with van der Waals surface area (Å²) in [6.07, 6.45) is 1.94. The summed E-state index contributed by atoms with van der Waals surface area (Å²) in [5, 5.41) is 4.29. The number of nitrogens with zero attached hydrogens (tertiary/aromatic N) is 2. The molecule has 1 N–H and O–H groups in total. The number of para-hydroxylation sites is 2. The molecule has 0 bridgehead atoms. The molecule has 0 atom stereocenters. The molecular weight excluding hydrogens is 258 g/mol. The second kappa shape index (κ2) is 5.16. The van der Waals surface area contributed by atoms with Gasteiger partial charge in [0.1, 0.15) is 11.8 Å². The van der Waals surface area contributed by atoms with E-state index in [1.54, 1.807) is 10.6 Å². The molecular formula is C14H13N3O3. The normalized spacial score (nSPS) is 11.0. The van der Waals surface area contributed by atoms with Crippen molar-refractivity contribution in [1.29, 1.82) is 0 Å². The third kappa shape index (κ3) is 2.16. The lowest BCUT2D eigenvalue weighted by Crippen LogP contribution is -2.10. The van der Waals surface area contributed by atoms with Crippen LogP contribution >= 0.6 is 0 Å². The minimum Gasteiger partial charge on any atom is -0.477 e. The number of carbonyl (C=O) groups excluding carboxylic acids is 1. The predicted octanol–water partition coefficient (Wildman–Crippen LogP) is 1.53. The summed E-state index contributed by atoms with van der Waals surface area (Å²) in [6, 6.07) is 9.03. The van der Waals surface area contributed by atoms with Crippen LogP contribution in [0, 0.1) is 0 Å². The number of H-pyrrole nitrogens is 1. The molecule has 3 rings (SSSR count). The summed E-state index contributed by atoms with van der Waals surface area (Å²) < 4.78 is 7.03. The number of benzene rings is 1. The monoisotopic (exact) mass is 271 g/mol. The van der Waals surface area contributed by atoms with E-state index in [2.05, 4.69) is 10.1 Å². The molecule has 20 heavy (non-hydrogen) atoms. The van der Waals surface area contributed by atoms with Gasteiger partial charge in [-0.15, -0.1) is 5.10 Å². The molecule has 2 aromatic heterocycles. The number of fused-ring (bicyclic) bond motifs is 3. The lowest BCUT2D eigenvalue weighted by atomic mass is 10.3. The molecule has 0 saturated carbocycles. The van der Waals surface area contributed by atoms with Crippen LogP contribution in [0.2, 0.25) is 0 Å². The van der Waals surface area contributed by atoms with Gasteiger partial charge >= 0.3 is 0 Å². The van der Waals surface area contributed by atoms with Crippen LogP contribution in [0.3, 0.4) is 0 Å². The van der Waals surface area contributed by atoms with E-state index in [0.29, 0.717) is 30.8 Å². The summed E-state index contributed by atoms with van der Waals surface area (Å²) >= 11 is 0. The zero-order valence-corrected chi connectivity index (χ0v) is 10.7. The van der Waals surface area contributed by atoms with Crippen molar-refractivity contribution in [2.45, 2.75) is 12.8 Å². The Morgan fingerprint density at radius 3 is 3.00 bits per heavy atom. The van der Waals surface area contributed by atoms with Gasteiger partial charge in [-0.2, -0.15) is 0 Å². The van der Waals surface area contributed by atoms with Crippen molar-refractivity contribution in [1.82, 2.24) is 14.6 Å². The minimum atomic E-state index is -0.209. The maximum absolute atomic E-state index is 12.0. The van der Waals surface area contributed by atoms with E-state index < -0.39 is 0 Å². The van der Waals surface area contributed by atoms with Crippen molar-refractivity contribution < 1.29 is 9.53 Å². The van der Waals surface area contributed by atoms with Crippen molar-refractivity contribution in [2.24, 2.45) is 0 Å². The van der Waals surface area contributed by atoms with Crippen LogP contribution in [-0.2, 0) is 4.79 Å². The first-order valence-electron chi connectivity index (χ1n) is 6.37. The summed E-state index contributed by atoms with van der Waals surface area (Å²) in [7, 11) is 0. The number of hydrogen-bond donors (Lipinski definition) is 1. The van der Waals surface area contributed by atoms with Crippen molar-refractivity contribution in [3.63, 3.8) is 0 Å². The number of nitrogens with one attached hydrogen (secondary N) is 1. The molecule has 0 radical (unpaired) electrons. The number of aromatic amines is 1. The Labute approximate surface area is 114 Å². The maximum Gasteiger partial charge on any atom is 0.274 e. The lowest BCUT2D eigenvalue weighted by molar-refractivity contribution is -0.108. The maximum atomic E-state index is 12.0. The second-order valence-corrected chi connectivity index (χ2v) is 4.41. The van der Waals surface area contributed by atoms with Crippen LogP contribution < -0.4 is 10.3 Å². The molecule has 0 aliphatic rings. The molecule has 0 amide bonds. The van der Waals surface area contributed by atoms with Gasteiger partial charge in [0.05, 0.1) is 17.6 Å². The second-order valence-electron chi connectivity index (χ2n) is 4.41. The molecule has 3 aromatic rings. The van der Waals surface area contributed by atoms with Gasteiger partial charge in [-0.3, -0.25) is 4.79 Å².